The number of thiophene rings is 1. The number of hydrogen-bond donors (Lipinski definition) is 2. The standard InChI is InChI=1S/C10H10F2N4O2S/c1-5(8-13-4-14-16-8)15-9(17)7-6(2-3-19-7)18-10(11)12/h2-5,10H,1H3,(H,15,17)(H,13,14,16). The van der Waals surface area contributed by atoms with Crippen LogP contribution < -0.4 is 10.1 Å². The smallest absolute Gasteiger partial charge is 0.387 e. The topological polar surface area (TPSA) is 79.9 Å². The van der Waals surface area contributed by atoms with E-state index in [1.165, 1.54) is 17.8 Å². The predicted molar refractivity (Wildman–Crippen MR) is 63.2 cm³/mol. The van der Waals surface area contributed by atoms with Crippen LogP contribution in [-0.2, 0) is 0 Å². The first-order valence-corrected chi connectivity index (χ1v) is 6.14. The first kappa shape index (κ1) is 13.4. The Hall–Kier alpha value is -2.03. The summed E-state index contributed by atoms with van der Waals surface area (Å²) >= 11 is 1.02. The van der Waals surface area contributed by atoms with E-state index in [1.807, 2.05) is 0 Å². The molecule has 1 unspecified atom stereocenters. The molecular formula is C10H10F2N4O2S. The van der Waals surface area contributed by atoms with Gasteiger partial charge in [-0.25, -0.2) is 4.98 Å². The van der Waals surface area contributed by atoms with Crippen LogP contribution in [-0.4, -0.2) is 27.7 Å². The summed E-state index contributed by atoms with van der Waals surface area (Å²) < 4.78 is 28.6. The van der Waals surface area contributed by atoms with Crippen LogP contribution in [0.25, 0.3) is 0 Å². The summed E-state index contributed by atoms with van der Waals surface area (Å²) in [6, 6.07) is 0.904. The minimum absolute atomic E-state index is 0.0895. The number of halogens is 2. The van der Waals surface area contributed by atoms with Crippen LogP contribution >= 0.6 is 11.3 Å². The molecule has 2 aromatic heterocycles. The van der Waals surface area contributed by atoms with Gasteiger partial charge < -0.3 is 10.1 Å². The average Bonchev–Trinajstić information content (AvgIpc) is 2.97. The highest BCUT2D eigenvalue weighted by Gasteiger charge is 2.20. The van der Waals surface area contributed by atoms with Gasteiger partial charge >= 0.3 is 6.61 Å². The van der Waals surface area contributed by atoms with Crippen molar-refractivity contribution in [3.05, 3.63) is 28.5 Å². The van der Waals surface area contributed by atoms with E-state index in [1.54, 1.807) is 6.92 Å². The lowest BCUT2D eigenvalue weighted by molar-refractivity contribution is -0.0498. The van der Waals surface area contributed by atoms with Crippen molar-refractivity contribution in [1.29, 1.82) is 0 Å². The van der Waals surface area contributed by atoms with E-state index in [0.29, 0.717) is 5.82 Å². The van der Waals surface area contributed by atoms with Crippen molar-refractivity contribution in [1.82, 2.24) is 20.5 Å². The molecule has 0 aliphatic heterocycles. The second kappa shape index (κ2) is 5.74. The Kier molecular flexibility index (Phi) is 4.05. The summed E-state index contributed by atoms with van der Waals surface area (Å²) in [4.78, 5) is 15.9. The molecule has 0 bridgehead atoms. The fraction of sp³-hybridized carbons (Fsp3) is 0.300. The summed E-state index contributed by atoms with van der Waals surface area (Å²) in [5.74, 6) is -0.168. The van der Waals surface area contributed by atoms with E-state index in [4.69, 9.17) is 0 Å². The molecule has 1 amide bonds. The minimum atomic E-state index is -2.96. The molecule has 2 rings (SSSR count). The van der Waals surface area contributed by atoms with Crippen molar-refractivity contribution in [2.45, 2.75) is 19.6 Å². The zero-order valence-corrected chi connectivity index (χ0v) is 10.6. The Bertz CT molecular complexity index is 543. The second-order valence-corrected chi connectivity index (χ2v) is 4.47. The molecule has 0 aliphatic carbocycles. The summed E-state index contributed by atoms with van der Waals surface area (Å²) in [5, 5.41) is 10.4. The lowest BCUT2D eigenvalue weighted by Gasteiger charge is -2.11. The van der Waals surface area contributed by atoms with Gasteiger partial charge in [-0.2, -0.15) is 13.9 Å². The van der Waals surface area contributed by atoms with Crippen LogP contribution in [0.2, 0.25) is 0 Å². The molecule has 0 aromatic carbocycles. The van der Waals surface area contributed by atoms with E-state index in [0.717, 1.165) is 11.3 Å². The van der Waals surface area contributed by atoms with Crippen molar-refractivity contribution in [2.24, 2.45) is 0 Å². The van der Waals surface area contributed by atoms with Crippen LogP contribution in [0.15, 0.2) is 17.8 Å². The van der Waals surface area contributed by atoms with Crippen LogP contribution in [0.1, 0.15) is 28.5 Å². The molecule has 0 radical (unpaired) electrons. The van der Waals surface area contributed by atoms with Gasteiger partial charge in [-0.1, -0.05) is 0 Å². The number of carbonyl (C=O) groups excluding carboxylic acids is 1. The number of carbonyl (C=O) groups is 1. The van der Waals surface area contributed by atoms with Gasteiger partial charge in [0.2, 0.25) is 0 Å². The largest absolute Gasteiger partial charge is 0.433 e. The van der Waals surface area contributed by atoms with Gasteiger partial charge in [0.15, 0.2) is 0 Å². The molecule has 0 saturated heterocycles. The SMILES string of the molecule is CC(NC(=O)c1sccc1OC(F)F)c1ncn[nH]1. The fourth-order valence-corrected chi connectivity index (χ4v) is 2.13. The van der Waals surface area contributed by atoms with E-state index in [2.05, 4.69) is 25.2 Å². The molecule has 0 spiro atoms. The van der Waals surface area contributed by atoms with Gasteiger partial charge in [0.1, 0.15) is 22.8 Å². The van der Waals surface area contributed by atoms with E-state index >= 15 is 0 Å². The number of nitrogens with one attached hydrogen (secondary N) is 2. The Balaban J connectivity index is 2.06. The number of ether oxygens (including phenoxy) is 1. The molecular weight excluding hydrogens is 278 g/mol. The minimum Gasteiger partial charge on any atom is -0.433 e. The highest BCUT2D eigenvalue weighted by atomic mass is 32.1. The molecule has 1 atom stereocenters. The number of H-pyrrole nitrogens is 1. The average molecular weight is 288 g/mol. The van der Waals surface area contributed by atoms with Crippen molar-refractivity contribution >= 4 is 17.2 Å². The van der Waals surface area contributed by atoms with Crippen LogP contribution in [0.5, 0.6) is 5.75 Å². The second-order valence-electron chi connectivity index (χ2n) is 3.56. The zero-order valence-electron chi connectivity index (χ0n) is 9.76. The predicted octanol–water partition coefficient (Wildman–Crippen LogP) is 1.96. The molecule has 2 aromatic rings. The van der Waals surface area contributed by atoms with Gasteiger partial charge in [-0.3, -0.25) is 9.89 Å². The number of rotatable bonds is 5. The maximum Gasteiger partial charge on any atom is 0.387 e. The Labute approximate surface area is 110 Å². The summed E-state index contributed by atoms with van der Waals surface area (Å²) in [7, 11) is 0. The van der Waals surface area contributed by atoms with Crippen molar-refractivity contribution < 1.29 is 18.3 Å². The first-order chi connectivity index (χ1) is 9.08. The maximum atomic E-state index is 12.2. The molecule has 0 saturated carbocycles. The third kappa shape index (κ3) is 3.25. The lowest BCUT2D eigenvalue weighted by Crippen LogP contribution is -2.27. The number of nitrogens with zero attached hydrogens (tertiary/aromatic N) is 2. The van der Waals surface area contributed by atoms with Crippen LogP contribution in [0, 0.1) is 0 Å². The van der Waals surface area contributed by atoms with E-state index < -0.39 is 18.6 Å². The molecule has 19 heavy (non-hydrogen) atoms. The molecule has 6 nitrogen and oxygen atoms in total. The summed E-state index contributed by atoms with van der Waals surface area (Å²) in [6.07, 6.45) is 1.31. The summed E-state index contributed by atoms with van der Waals surface area (Å²) in [5.41, 5.74) is 0. The quantitative estimate of drug-likeness (QED) is 0.881. The molecule has 102 valence electrons. The van der Waals surface area contributed by atoms with Gasteiger partial charge in [0.25, 0.3) is 5.91 Å². The monoisotopic (exact) mass is 288 g/mol. The molecule has 0 aliphatic rings. The number of aromatic amines is 1. The number of hydrogen-bond acceptors (Lipinski definition) is 5. The lowest BCUT2D eigenvalue weighted by atomic mass is 10.3. The highest BCUT2D eigenvalue weighted by molar-refractivity contribution is 7.12. The maximum absolute atomic E-state index is 12.2. The van der Waals surface area contributed by atoms with E-state index in [9.17, 15) is 13.6 Å². The van der Waals surface area contributed by atoms with Gasteiger partial charge in [0.05, 0.1) is 6.04 Å². The van der Waals surface area contributed by atoms with Crippen LogP contribution in [0.4, 0.5) is 8.78 Å². The Morgan fingerprint density at radius 3 is 3.00 bits per heavy atom. The molecule has 0 fully saturated rings. The fourth-order valence-electron chi connectivity index (χ4n) is 1.41. The molecule has 2 heterocycles. The molecule has 2 N–H and O–H groups in total. The third-order valence-electron chi connectivity index (χ3n) is 2.24. The Morgan fingerprint density at radius 1 is 1.58 bits per heavy atom. The molecule has 9 heteroatoms. The summed E-state index contributed by atoms with van der Waals surface area (Å²) in [6.45, 7) is -1.27. The van der Waals surface area contributed by atoms with Gasteiger partial charge in [0, 0.05) is 0 Å². The van der Waals surface area contributed by atoms with Crippen molar-refractivity contribution in [3.63, 3.8) is 0 Å². The zero-order chi connectivity index (χ0) is 13.8. The first-order valence-electron chi connectivity index (χ1n) is 5.26. The van der Waals surface area contributed by atoms with Crippen LogP contribution in [0.3, 0.4) is 0 Å². The number of amides is 1. The van der Waals surface area contributed by atoms with Gasteiger partial charge in [-0.05, 0) is 18.4 Å². The van der Waals surface area contributed by atoms with Crippen molar-refractivity contribution in [2.75, 3.05) is 0 Å². The number of aromatic nitrogens is 3. The van der Waals surface area contributed by atoms with Gasteiger partial charge in [-0.15, -0.1) is 11.3 Å². The third-order valence-corrected chi connectivity index (χ3v) is 3.14. The van der Waals surface area contributed by atoms with Crippen molar-refractivity contribution in [3.8, 4) is 5.75 Å². The normalized spacial score (nSPS) is 12.4. The van der Waals surface area contributed by atoms with E-state index in [-0.39, 0.29) is 10.6 Å². The Morgan fingerprint density at radius 2 is 2.37 bits per heavy atom. The number of alkyl halides is 2. The highest BCUT2D eigenvalue weighted by Crippen LogP contribution is 2.26.